The van der Waals surface area contributed by atoms with Crippen LogP contribution in [0.25, 0.3) is 0 Å². The van der Waals surface area contributed by atoms with Gasteiger partial charge in [0.15, 0.2) is 0 Å². The van der Waals surface area contributed by atoms with Gasteiger partial charge in [-0.05, 0) is 49.2 Å². The summed E-state index contributed by atoms with van der Waals surface area (Å²) in [6.45, 7) is 3.02. The molecule has 5 nitrogen and oxygen atoms in total. The highest BCUT2D eigenvalue weighted by Crippen LogP contribution is 2.39. The SMILES string of the molecule is O=C(c1ccnc(C2CC2)c1)N1CCN(c2ccc(O)cc2)CC1. The molecule has 1 aromatic carbocycles. The van der Waals surface area contributed by atoms with E-state index in [4.69, 9.17) is 0 Å². The smallest absolute Gasteiger partial charge is 0.254 e. The van der Waals surface area contributed by atoms with Gasteiger partial charge in [-0.3, -0.25) is 9.78 Å². The van der Waals surface area contributed by atoms with E-state index in [2.05, 4.69) is 9.88 Å². The Kier molecular flexibility index (Phi) is 3.84. The summed E-state index contributed by atoms with van der Waals surface area (Å²) in [7, 11) is 0. The van der Waals surface area contributed by atoms with Gasteiger partial charge in [0.1, 0.15) is 5.75 Å². The van der Waals surface area contributed by atoms with Crippen LogP contribution < -0.4 is 4.90 Å². The highest BCUT2D eigenvalue weighted by Gasteiger charge is 2.27. The van der Waals surface area contributed by atoms with Crippen molar-refractivity contribution in [1.29, 1.82) is 0 Å². The number of hydrogen-bond donors (Lipinski definition) is 1. The quantitative estimate of drug-likeness (QED) is 0.943. The van der Waals surface area contributed by atoms with E-state index in [1.807, 2.05) is 29.2 Å². The first-order valence-electron chi connectivity index (χ1n) is 8.50. The predicted octanol–water partition coefficient (Wildman–Crippen LogP) is 2.63. The minimum atomic E-state index is 0.102. The number of phenols is 1. The van der Waals surface area contributed by atoms with E-state index in [0.717, 1.165) is 30.0 Å². The zero-order valence-electron chi connectivity index (χ0n) is 13.6. The number of hydrogen-bond acceptors (Lipinski definition) is 4. The third-order valence-corrected chi connectivity index (χ3v) is 4.81. The van der Waals surface area contributed by atoms with E-state index in [1.165, 1.54) is 12.8 Å². The first-order valence-corrected chi connectivity index (χ1v) is 8.50. The van der Waals surface area contributed by atoms with Gasteiger partial charge in [-0.25, -0.2) is 0 Å². The molecule has 1 N–H and O–H groups in total. The minimum absolute atomic E-state index is 0.102. The van der Waals surface area contributed by atoms with Gasteiger partial charge >= 0.3 is 0 Å². The Hall–Kier alpha value is -2.56. The molecule has 24 heavy (non-hydrogen) atoms. The molecule has 0 atom stereocenters. The number of anilines is 1. The molecule has 1 aromatic heterocycles. The van der Waals surface area contributed by atoms with Crippen molar-refractivity contribution in [2.24, 2.45) is 0 Å². The number of rotatable bonds is 3. The minimum Gasteiger partial charge on any atom is -0.508 e. The van der Waals surface area contributed by atoms with Crippen LogP contribution in [0.1, 0.15) is 34.8 Å². The second-order valence-electron chi connectivity index (χ2n) is 6.54. The molecule has 1 saturated heterocycles. The molecule has 1 aliphatic carbocycles. The third-order valence-electron chi connectivity index (χ3n) is 4.81. The average Bonchev–Trinajstić information content (AvgIpc) is 3.47. The maximum Gasteiger partial charge on any atom is 0.254 e. The lowest BCUT2D eigenvalue weighted by Crippen LogP contribution is -2.48. The Labute approximate surface area is 141 Å². The van der Waals surface area contributed by atoms with E-state index in [0.29, 0.717) is 19.0 Å². The number of aromatic hydroxyl groups is 1. The van der Waals surface area contributed by atoms with E-state index < -0.39 is 0 Å². The van der Waals surface area contributed by atoms with Crippen molar-refractivity contribution in [3.8, 4) is 5.75 Å². The van der Waals surface area contributed by atoms with Crippen molar-refractivity contribution in [3.63, 3.8) is 0 Å². The summed E-state index contributed by atoms with van der Waals surface area (Å²) < 4.78 is 0. The predicted molar refractivity (Wildman–Crippen MR) is 92.4 cm³/mol. The maximum atomic E-state index is 12.7. The number of pyridine rings is 1. The van der Waals surface area contributed by atoms with Crippen LogP contribution in [-0.2, 0) is 0 Å². The van der Waals surface area contributed by atoms with E-state index in [9.17, 15) is 9.90 Å². The van der Waals surface area contributed by atoms with E-state index in [-0.39, 0.29) is 11.7 Å². The summed E-state index contributed by atoms with van der Waals surface area (Å²) >= 11 is 0. The Balaban J connectivity index is 1.40. The van der Waals surface area contributed by atoms with Gasteiger partial charge in [0.25, 0.3) is 5.91 Å². The summed E-state index contributed by atoms with van der Waals surface area (Å²) in [5.41, 5.74) is 2.90. The molecular weight excluding hydrogens is 302 g/mol. The number of benzene rings is 1. The fourth-order valence-corrected chi connectivity index (χ4v) is 3.20. The van der Waals surface area contributed by atoms with Gasteiger partial charge in [0, 0.05) is 55.2 Å². The molecule has 0 spiro atoms. The lowest BCUT2D eigenvalue weighted by atomic mass is 10.1. The molecule has 1 amide bonds. The van der Waals surface area contributed by atoms with Gasteiger partial charge in [-0.2, -0.15) is 0 Å². The second kappa shape index (κ2) is 6.15. The highest BCUT2D eigenvalue weighted by molar-refractivity contribution is 5.94. The molecule has 124 valence electrons. The first kappa shape index (κ1) is 15.0. The van der Waals surface area contributed by atoms with Crippen molar-refractivity contribution in [1.82, 2.24) is 9.88 Å². The lowest BCUT2D eigenvalue weighted by Gasteiger charge is -2.36. The summed E-state index contributed by atoms with van der Waals surface area (Å²) in [4.78, 5) is 21.3. The standard InChI is InChI=1S/C19H21N3O2/c23-17-5-3-16(4-6-17)21-9-11-22(12-10-21)19(24)15-7-8-20-18(13-15)14-1-2-14/h3-8,13-14,23H,1-2,9-12H2. The fourth-order valence-electron chi connectivity index (χ4n) is 3.20. The Morgan fingerprint density at radius 1 is 1.04 bits per heavy atom. The third kappa shape index (κ3) is 3.07. The van der Waals surface area contributed by atoms with Gasteiger partial charge in [0.05, 0.1) is 0 Å². The number of carbonyl (C=O) groups excluding carboxylic acids is 1. The Morgan fingerprint density at radius 3 is 2.42 bits per heavy atom. The summed E-state index contributed by atoms with van der Waals surface area (Å²) in [5.74, 6) is 0.936. The van der Waals surface area contributed by atoms with Gasteiger partial charge < -0.3 is 14.9 Å². The summed E-state index contributed by atoms with van der Waals surface area (Å²) in [5, 5.41) is 9.39. The lowest BCUT2D eigenvalue weighted by molar-refractivity contribution is 0.0746. The molecular formula is C19H21N3O2. The monoisotopic (exact) mass is 323 g/mol. The Bertz CT molecular complexity index is 733. The van der Waals surface area contributed by atoms with Crippen molar-refractivity contribution in [2.75, 3.05) is 31.1 Å². The van der Waals surface area contributed by atoms with Crippen LogP contribution in [0.2, 0.25) is 0 Å². The molecule has 0 bridgehead atoms. The largest absolute Gasteiger partial charge is 0.508 e. The van der Waals surface area contributed by atoms with Crippen LogP contribution in [0.4, 0.5) is 5.69 Å². The van der Waals surface area contributed by atoms with Crippen molar-refractivity contribution < 1.29 is 9.90 Å². The van der Waals surface area contributed by atoms with E-state index in [1.54, 1.807) is 18.3 Å². The van der Waals surface area contributed by atoms with Crippen molar-refractivity contribution in [3.05, 3.63) is 53.9 Å². The first-order chi connectivity index (χ1) is 11.7. The van der Waals surface area contributed by atoms with Crippen molar-refractivity contribution in [2.45, 2.75) is 18.8 Å². The maximum absolute atomic E-state index is 12.7. The molecule has 0 radical (unpaired) electrons. The van der Waals surface area contributed by atoms with Crippen molar-refractivity contribution >= 4 is 11.6 Å². The number of piperazine rings is 1. The molecule has 1 aliphatic heterocycles. The zero-order chi connectivity index (χ0) is 16.5. The van der Waals surface area contributed by atoms with E-state index >= 15 is 0 Å². The van der Waals surface area contributed by atoms with Crippen LogP contribution in [0.15, 0.2) is 42.6 Å². The van der Waals surface area contributed by atoms with Crippen LogP contribution in [0.5, 0.6) is 5.75 Å². The van der Waals surface area contributed by atoms with Gasteiger partial charge in [-0.15, -0.1) is 0 Å². The topological polar surface area (TPSA) is 56.7 Å². The molecule has 4 rings (SSSR count). The van der Waals surface area contributed by atoms with Crippen LogP contribution in [0.3, 0.4) is 0 Å². The zero-order valence-corrected chi connectivity index (χ0v) is 13.6. The van der Waals surface area contributed by atoms with Crippen LogP contribution >= 0.6 is 0 Å². The average molecular weight is 323 g/mol. The van der Waals surface area contributed by atoms with Crippen LogP contribution in [-0.4, -0.2) is 47.1 Å². The number of amides is 1. The fraction of sp³-hybridized carbons (Fsp3) is 0.368. The number of phenolic OH excluding ortho intramolecular Hbond substituents is 1. The highest BCUT2D eigenvalue weighted by atomic mass is 16.3. The summed E-state index contributed by atoms with van der Waals surface area (Å²) in [6.07, 6.45) is 4.14. The molecule has 0 unspecified atom stereocenters. The normalized spacial score (nSPS) is 17.8. The molecule has 2 aliphatic rings. The second-order valence-corrected chi connectivity index (χ2v) is 6.54. The molecule has 1 saturated carbocycles. The number of nitrogens with zero attached hydrogens (tertiary/aromatic N) is 3. The molecule has 2 fully saturated rings. The summed E-state index contributed by atoms with van der Waals surface area (Å²) in [6, 6.07) is 11.0. The van der Waals surface area contributed by atoms with Gasteiger partial charge in [-0.1, -0.05) is 0 Å². The van der Waals surface area contributed by atoms with Gasteiger partial charge in [0.2, 0.25) is 0 Å². The molecule has 5 heteroatoms. The number of aromatic nitrogens is 1. The van der Waals surface area contributed by atoms with Crippen LogP contribution in [0, 0.1) is 0 Å². The Morgan fingerprint density at radius 2 is 1.75 bits per heavy atom. The molecule has 2 aromatic rings. The molecule has 2 heterocycles. The number of carbonyl (C=O) groups is 1.